The number of nitrogens with zero attached hydrogens (tertiary/aromatic N) is 6. The molecular weight excluding hydrogens is 333 g/mol. The second-order valence-electron chi connectivity index (χ2n) is 6.65. The van der Waals surface area contributed by atoms with E-state index in [0.29, 0.717) is 11.6 Å². The van der Waals surface area contributed by atoms with Gasteiger partial charge in [-0.25, -0.2) is 4.39 Å². The molecule has 1 aliphatic heterocycles. The number of rotatable bonds is 7. The molecule has 1 saturated heterocycles. The topological polar surface area (TPSA) is 60.4 Å². The van der Waals surface area contributed by atoms with Crippen LogP contribution in [0.3, 0.4) is 0 Å². The molecule has 1 fully saturated rings. The van der Waals surface area contributed by atoms with Gasteiger partial charge in [-0.15, -0.1) is 5.10 Å². The Balaban J connectivity index is 1.54. The lowest BCUT2D eigenvalue weighted by Gasteiger charge is -2.36. The Kier molecular flexibility index (Phi) is 6.17. The lowest BCUT2D eigenvalue weighted by molar-refractivity contribution is 0.405. The average molecular weight is 359 g/mol. The number of nitrogens with one attached hydrogen (secondary N) is 1. The van der Waals surface area contributed by atoms with E-state index in [4.69, 9.17) is 0 Å². The smallest absolute Gasteiger partial charge is 0.244 e. The Hall–Kier alpha value is -2.48. The van der Waals surface area contributed by atoms with Gasteiger partial charge in [0.2, 0.25) is 5.95 Å². The second-order valence-corrected chi connectivity index (χ2v) is 6.65. The van der Waals surface area contributed by atoms with Crippen LogP contribution >= 0.6 is 0 Å². The Bertz CT molecular complexity index is 701. The molecule has 2 heterocycles. The van der Waals surface area contributed by atoms with Crippen molar-refractivity contribution >= 4 is 17.5 Å². The molecule has 26 heavy (non-hydrogen) atoms. The maximum absolute atomic E-state index is 13.9. The molecule has 0 unspecified atom stereocenters. The summed E-state index contributed by atoms with van der Waals surface area (Å²) in [6, 6.07) is 6.92. The molecule has 0 radical (unpaired) electrons. The van der Waals surface area contributed by atoms with E-state index in [9.17, 15) is 4.39 Å². The fraction of sp³-hybridized carbons (Fsp3) is 0.500. The molecular formula is C18H26FN7. The summed E-state index contributed by atoms with van der Waals surface area (Å²) in [4.78, 5) is 10.9. The molecule has 140 valence electrons. The van der Waals surface area contributed by atoms with Crippen molar-refractivity contribution in [1.29, 1.82) is 0 Å². The Morgan fingerprint density at radius 2 is 1.85 bits per heavy atom. The first kappa shape index (κ1) is 18.3. The molecule has 0 spiro atoms. The Morgan fingerprint density at radius 3 is 2.58 bits per heavy atom. The van der Waals surface area contributed by atoms with Gasteiger partial charge < -0.3 is 20.0 Å². The highest BCUT2D eigenvalue weighted by Crippen LogP contribution is 2.21. The Morgan fingerprint density at radius 1 is 1.12 bits per heavy atom. The van der Waals surface area contributed by atoms with Crippen LogP contribution in [0.15, 0.2) is 30.5 Å². The molecule has 7 nitrogen and oxygen atoms in total. The van der Waals surface area contributed by atoms with Crippen LogP contribution in [-0.4, -0.2) is 73.4 Å². The first-order valence-corrected chi connectivity index (χ1v) is 8.96. The van der Waals surface area contributed by atoms with Gasteiger partial charge >= 0.3 is 0 Å². The standard InChI is InChI=1S/C18H26FN7/c1-24(2)9-5-8-20-18-22-17(14-21-23-18)26-12-10-25(11-13-26)16-7-4-3-6-15(16)19/h3-4,6-7,14H,5,8-13H2,1-2H3,(H,20,22,23). The predicted octanol–water partition coefficient (Wildman–Crippen LogP) is 1.70. The van der Waals surface area contributed by atoms with Crippen molar-refractivity contribution in [3.8, 4) is 0 Å². The van der Waals surface area contributed by atoms with Gasteiger partial charge in [-0.2, -0.15) is 10.1 Å². The summed E-state index contributed by atoms with van der Waals surface area (Å²) in [5.41, 5.74) is 0.663. The highest BCUT2D eigenvalue weighted by atomic mass is 19.1. The van der Waals surface area contributed by atoms with Gasteiger partial charge in [0.15, 0.2) is 5.82 Å². The number of para-hydroxylation sites is 1. The van der Waals surface area contributed by atoms with Crippen LogP contribution in [0.2, 0.25) is 0 Å². The van der Waals surface area contributed by atoms with Crippen molar-refractivity contribution in [2.24, 2.45) is 0 Å². The third-order valence-corrected chi connectivity index (χ3v) is 4.41. The quantitative estimate of drug-likeness (QED) is 0.755. The summed E-state index contributed by atoms with van der Waals surface area (Å²) >= 11 is 0. The van der Waals surface area contributed by atoms with E-state index in [0.717, 1.165) is 51.5 Å². The van der Waals surface area contributed by atoms with Crippen molar-refractivity contribution in [1.82, 2.24) is 20.1 Å². The van der Waals surface area contributed by atoms with Gasteiger partial charge in [-0.1, -0.05) is 12.1 Å². The van der Waals surface area contributed by atoms with E-state index in [1.54, 1.807) is 12.3 Å². The summed E-state index contributed by atoms with van der Waals surface area (Å²) < 4.78 is 13.9. The zero-order chi connectivity index (χ0) is 18.4. The molecule has 2 aromatic rings. The maximum atomic E-state index is 13.9. The lowest BCUT2D eigenvalue weighted by atomic mass is 10.2. The zero-order valence-electron chi connectivity index (χ0n) is 15.4. The third kappa shape index (κ3) is 4.78. The van der Waals surface area contributed by atoms with Crippen LogP contribution in [0, 0.1) is 5.82 Å². The number of benzene rings is 1. The van der Waals surface area contributed by atoms with E-state index in [-0.39, 0.29) is 5.82 Å². The molecule has 0 aliphatic carbocycles. The largest absolute Gasteiger partial charge is 0.366 e. The van der Waals surface area contributed by atoms with Crippen LogP contribution in [0.5, 0.6) is 0 Å². The van der Waals surface area contributed by atoms with Crippen LogP contribution in [0.1, 0.15) is 6.42 Å². The molecule has 1 aromatic heterocycles. The first-order chi connectivity index (χ1) is 12.6. The van der Waals surface area contributed by atoms with Crippen LogP contribution in [-0.2, 0) is 0 Å². The minimum atomic E-state index is -0.172. The van der Waals surface area contributed by atoms with E-state index in [1.807, 2.05) is 12.1 Å². The summed E-state index contributed by atoms with van der Waals surface area (Å²) in [5.74, 6) is 1.19. The predicted molar refractivity (Wildman–Crippen MR) is 102 cm³/mol. The third-order valence-electron chi connectivity index (χ3n) is 4.41. The van der Waals surface area contributed by atoms with Crippen LogP contribution < -0.4 is 15.1 Å². The summed E-state index contributed by atoms with van der Waals surface area (Å²) in [5, 5.41) is 11.3. The molecule has 1 aromatic carbocycles. The molecule has 1 aliphatic rings. The van der Waals surface area contributed by atoms with Crippen LogP contribution in [0.25, 0.3) is 0 Å². The van der Waals surface area contributed by atoms with Gasteiger partial charge in [0.05, 0.1) is 11.9 Å². The molecule has 0 bridgehead atoms. The van der Waals surface area contributed by atoms with E-state index < -0.39 is 0 Å². The molecule has 3 rings (SSSR count). The van der Waals surface area contributed by atoms with Gasteiger partial charge in [0, 0.05) is 32.7 Å². The molecule has 8 heteroatoms. The minimum absolute atomic E-state index is 0.172. The zero-order valence-corrected chi connectivity index (χ0v) is 15.4. The summed E-state index contributed by atoms with van der Waals surface area (Å²) in [7, 11) is 4.11. The lowest BCUT2D eigenvalue weighted by Crippen LogP contribution is -2.47. The molecule has 1 N–H and O–H groups in total. The average Bonchev–Trinajstić information content (AvgIpc) is 2.66. The fourth-order valence-electron chi connectivity index (χ4n) is 3.00. The molecule has 0 atom stereocenters. The molecule has 0 amide bonds. The van der Waals surface area contributed by atoms with Crippen molar-refractivity contribution < 1.29 is 4.39 Å². The first-order valence-electron chi connectivity index (χ1n) is 8.96. The van der Waals surface area contributed by atoms with Crippen molar-refractivity contribution in [3.63, 3.8) is 0 Å². The van der Waals surface area contributed by atoms with Crippen molar-refractivity contribution in [2.75, 3.05) is 68.5 Å². The van der Waals surface area contributed by atoms with Crippen molar-refractivity contribution in [2.45, 2.75) is 6.42 Å². The second kappa shape index (κ2) is 8.75. The number of hydrogen-bond donors (Lipinski definition) is 1. The highest BCUT2D eigenvalue weighted by molar-refractivity contribution is 5.50. The highest BCUT2D eigenvalue weighted by Gasteiger charge is 2.20. The van der Waals surface area contributed by atoms with Gasteiger partial charge in [0.25, 0.3) is 0 Å². The molecule has 0 saturated carbocycles. The van der Waals surface area contributed by atoms with E-state index in [1.165, 1.54) is 6.07 Å². The summed E-state index contributed by atoms with van der Waals surface area (Å²) in [6.07, 6.45) is 2.70. The minimum Gasteiger partial charge on any atom is -0.366 e. The number of aromatic nitrogens is 3. The summed E-state index contributed by atoms with van der Waals surface area (Å²) in [6.45, 7) is 4.86. The van der Waals surface area contributed by atoms with E-state index in [2.05, 4.69) is 49.3 Å². The van der Waals surface area contributed by atoms with Gasteiger partial charge in [-0.3, -0.25) is 0 Å². The Labute approximate surface area is 153 Å². The normalized spacial score (nSPS) is 14.8. The monoisotopic (exact) mass is 359 g/mol. The maximum Gasteiger partial charge on any atom is 0.244 e. The van der Waals surface area contributed by atoms with E-state index >= 15 is 0 Å². The van der Waals surface area contributed by atoms with Crippen LogP contribution in [0.4, 0.5) is 21.8 Å². The number of hydrogen-bond acceptors (Lipinski definition) is 7. The SMILES string of the molecule is CN(C)CCCNc1nncc(N2CCN(c3ccccc3F)CC2)n1. The number of anilines is 3. The van der Waals surface area contributed by atoms with Crippen molar-refractivity contribution in [3.05, 3.63) is 36.3 Å². The number of halogens is 1. The van der Waals surface area contributed by atoms with Gasteiger partial charge in [0.1, 0.15) is 5.82 Å². The fourth-order valence-corrected chi connectivity index (χ4v) is 3.00. The number of piperazine rings is 1. The van der Waals surface area contributed by atoms with Gasteiger partial charge in [-0.05, 0) is 39.2 Å².